The van der Waals surface area contributed by atoms with E-state index in [4.69, 9.17) is 0 Å². The van der Waals surface area contributed by atoms with Gasteiger partial charge in [0.25, 0.3) is 5.91 Å². The maximum Gasteiger partial charge on any atom is 0.321 e. The molecule has 0 aliphatic carbocycles. The number of carbonyl (C=O) groups is 2. The van der Waals surface area contributed by atoms with Crippen molar-refractivity contribution in [2.45, 2.75) is 6.54 Å². The van der Waals surface area contributed by atoms with Crippen molar-refractivity contribution in [1.82, 2.24) is 15.6 Å². The number of urea groups is 1. The smallest absolute Gasteiger partial charge is 0.321 e. The molecule has 0 radical (unpaired) electrons. The van der Waals surface area contributed by atoms with Gasteiger partial charge in [0, 0.05) is 30.5 Å². The third-order valence-corrected chi connectivity index (χ3v) is 3.45. The Morgan fingerprint density at radius 1 is 1.23 bits per heavy atom. The number of nitrogens with zero attached hydrogens (tertiary/aromatic N) is 2. The van der Waals surface area contributed by atoms with E-state index in [1.165, 1.54) is 0 Å². The second-order valence-electron chi connectivity index (χ2n) is 4.93. The molecule has 2 aromatic rings. The van der Waals surface area contributed by atoms with Crippen LogP contribution in [0, 0.1) is 0 Å². The van der Waals surface area contributed by atoms with Gasteiger partial charge in [0.15, 0.2) is 0 Å². The van der Waals surface area contributed by atoms with Crippen LogP contribution in [-0.4, -0.2) is 30.0 Å². The van der Waals surface area contributed by atoms with Crippen molar-refractivity contribution in [1.29, 1.82) is 0 Å². The Morgan fingerprint density at radius 2 is 2.05 bits per heavy atom. The van der Waals surface area contributed by atoms with Crippen molar-refractivity contribution >= 4 is 17.6 Å². The molecule has 2 heterocycles. The summed E-state index contributed by atoms with van der Waals surface area (Å²) in [5, 5.41) is 5.56. The van der Waals surface area contributed by atoms with Gasteiger partial charge in [0.1, 0.15) is 0 Å². The number of amides is 3. The van der Waals surface area contributed by atoms with Gasteiger partial charge in [-0.3, -0.25) is 14.7 Å². The molecular formula is C16H16N4O2. The van der Waals surface area contributed by atoms with Crippen LogP contribution in [0.1, 0.15) is 16.1 Å². The fourth-order valence-electron chi connectivity index (χ4n) is 2.29. The maximum atomic E-state index is 12.1. The first kappa shape index (κ1) is 14.1. The fourth-order valence-corrected chi connectivity index (χ4v) is 2.29. The predicted octanol–water partition coefficient (Wildman–Crippen LogP) is 1.54. The van der Waals surface area contributed by atoms with Crippen molar-refractivity contribution in [3.8, 4) is 0 Å². The number of anilines is 1. The van der Waals surface area contributed by atoms with Crippen molar-refractivity contribution in [3.63, 3.8) is 0 Å². The molecule has 3 rings (SSSR count). The van der Waals surface area contributed by atoms with Crippen LogP contribution in [0.4, 0.5) is 10.5 Å². The molecule has 22 heavy (non-hydrogen) atoms. The first-order chi connectivity index (χ1) is 10.7. The van der Waals surface area contributed by atoms with Crippen LogP contribution in [0.5, 0.6) is 0 Å². The largest absolute Gasteiger partial charge is 0.346 e. The Morgan fingerprint density at radius 3 is 2.68 bits per heavy atom. The minimum Gasteiger partial charge on any atom is -0.346 e. The highest BCUT2D eigenvalue weighted by Crippen LogP contribution is 2.17. The zero-order valence-corrected chi connectivity index (χ0v) is 12.0. The molecule has 0 unspecified atom stereocenters. The molecule has 1 saturated heterocycles. The maximum absolute atomic E-state index is 12.1. The summed E-state index contributed by atoms with van der Waals surface area (Å²) < 4.78 is 0. The summed E-state index contributed by atoms with van der Waals surface area (Å²) in [6, 6.07) is 12.5. The molecule has 6 heteroatoms. The summed E-state index contributed by atoms with van der Waals surface area (Å²) >= 11 is 0. The monoisotopic (exact) mass is 296 g/mol. The Balaban J connectivity index is 1.62. The van der Waals surface area contributed by atoms with Gasteiger partial charge in [-0.1, -0.05) is 6.07 Å². The van der Waals surface area contributed by atoms with Gasteiger partial charge in [-0.2, -0.15) is 0 Å². The SMILES string of the molecule is O=C(NCc1ccccn1)c1ccc(N2CCNC2=O)cc1. The molecule has 0 atom stereocenters. The fraction of sp³-hybridized carbons (Fsp3) is 0.188. The highest BCUT2D eigenvalue weighted by Gasteiger charge is 2.21. The van der Waals surface area contributed by atoms with Gasteiger partial charge in [-0.15, -0.1) is 0 Å². The van der Waals surface area contributed by atoms with E-state index in [9.17, 15) is 9.59 Å². The standard InChI is InChI=1S/C16H16N4O2/c21-15(19-11-13-3-1-2-8-17-13)12-4-6-14(7-5-12)20-10-9-18-16(20)22/h1-8H,9-11H2,(H,18,22)(H,19,21). The second kappa shape index (κ2) is 6.26. The first-order valence-electron chi connectivity index (χ1n) is 7.07. The second-order valence-corrected chi connectivity index (χ2v) is 4.93. The number of rotatable bonds is 4. The lowest BCUT2D eigenvalue weighted by molar-refractivity contribution is 0.0950. The van der Waals surface area contributed by atoms with Crippen molar-refractivity contribution in [2.75, 3.05) is 18.0 Å². The third kappa shape index (κ3) is 3.06. The van der Waals surface area contributed by atoms with Crippen molar-refractivity contribution in [2.24, 2.45) is 0 Å². The minimum absolute atomic E-state index is 0.104. The molecule has 6 nitrogen and oxygen atoms in total. The average Bonchev–Trinajstić information content (AvgIpc) is 3.00. The Labute approximate surface area is 128 Å². The molecule has 0 saturated carbocycles. The molecule has 1 aromatic carbocycles. The van der Waals surface area contributed by atoms with Gasteiger partial charge >= 0.3 is 6.03 Å². The summed E-state index contributed by atoms with van der Waals surface area (Å²) in [4.78, 5) is 29.5. The van der Waals surface area contributed by atoms with Crippen LogP contribution < -0.4 is 15.5 Å². The zero-order valence-electron chi connectivity index (χ0n) is 12.0. The summed E-state index contributed by atoms with van der Waals surface area (Å²) in [6.07, 6.45) is 1.69. The van der Waals surface area contributed by atoms with E-state index in [0.717, 1.165) is 11.4 Å². The van der Waals surface area contributed by atoms with E-state index in [1.807, 2.05) is 18.2 Å². The number of hydrogen-bond donors (Lipinski definition) is 2. The van der Waals surface area contributed by atoms with Gasteiger partial charge < -0.3 is 10.6 Å². The zero-order chi connectivity index (χ0) is 15.4. The van der Waals surface area contributed by atoms with E-state index in [0.29, 0.717) is 25.2 Å². The topological polar surface area (TPSA) is 74.3 Å². The molecule has 0 spiro atoms. The molecule has 2 N–H and O–H groups in total. The Bertz CT molecular complexity index is 670. The molecule has 1 aliphatic rings. The number of aromatic nitrogens is 1. The van der Waals surface area contributed by atoms with E-state index >= 15 is 0 Å². The van der Waals surface area contributed by atoms with Crippen LogP contribution >= 0.6 is 0 Å². The lowest BCUT2D eigenvalue weighted by atomic mass is 10.2. The van der Waals surface area contributed by atoms with Crippen LogP contribution in [0.15, 0.2) is 48.7 Å². The lowest BCUT2D eigenvalue weighted by Gasteiger charge is -2.14. The molecule has 0 bridgehead atoms. The van der Waals surface area contributed by atoms with Crippen molar-refractivity contribution < 1.29 is 9.59 Å². The van der Waals surface area contributed by atoms with Gasteiger partial charge in [-0.25, -0.2) is 4.79 Å². The van der Waals surface area contributed by atoms with Crippen LogP contribution in [0.3, 0.4) is 0 Å². The number of hydrogen-bond acceptors (Lipinski definition) is 3. The van der Waals surface area contributed by atoms with Crippen LogP contribution in [0.25, 0.3) is 0 Å². The molecule has 3 amide bonds. The molecular weight excluding hydrogens is 280 g/mol. The normalized spacial score (nSPS) is 13.8. The average molecular weight is 296 g/mol. The molecule has 112 valence electrons. The van der Waals surface area contributed by atoms with E-state index in [2.05, 4.69) is 15.6 Å². The van der Waals surface area contributed by atoms with Gasteiger partial charge in [-0.05, 0) is 36.4 Å². The number of benzene rings is 1. The first-order valence-corrected chi connectivity index (χ1v) is 7.07. The van der Waals surface area contributed by atoms with Gasteiger partial charge in [0.2, 0.25) is 0 Å². The van der Waals surface area contributed by atoms with Crippen LogP contribution in [0.2, 0.25) is 0 Å². The highest BCUT2D eigenvalue weighted by molar-refractivity contribution is 5.96. The number of carbonyl (C=O) groups excluding carboxylic acids is 2. The summed E-state index contributed by atoms with van der Waals surface area (Å²) in [5.41, 5.74) is 2.15. The molecule has 1 fully saturated rings. The number of pyridine rings is 1. The van der Waals surface area contributed by atoms with E-state index in [-0.39, 0.29) is 11.9 Å². The molecule has 1 aromatic heterocycles. The van der Waals surface area contributed by atoms with Gasteiger partial charge in [0.05, 0.1) is 12.2 Å². The summed E-state index contributed by atoms with van der Waals surface area (Å²) in [5.74, 6) is -0.164. The molecule has 1 aliphatic heterocycles. The quantitative estimate of drug-likeness (QED) is 0.898. The van der Waals surface area contributed by atoms with E-state index < -0.39 is 0 Å². The van der Waals surface area contributed by atoms with Crippen molar-refractivity contribution in [3.05, 3.63) is 59.9 Å². The minimum atomic E-state index is -0.164. The number of nitrogens with one attached hydrogen (secondary N) is 2. The third-order valence-electron chi connectivity index (χ3n) is 3.45. The highest BCUT2D eigenvalue weighted by atomic mass is 16.2. The van der Waals surface area contributed by atoms with E-state index in [1.54, 1.807) is 35.4 Å². The Hall–Kier alpha value is -2.89. The Kier molecular flexibility index (Phi) is 4.00. The lowest BCUT2D eigenvalue weighted by Crippen LogP contribution is -2.28. The predicted molar refractivity (Wildman–Crippen MR) is 82.6 cm³/mol. The summed E-state index contributed by atoms with van der Waals surface area (Å²) in [7, 11) is 0. The van der Waals surface area contributed by atoms with Crippen LogP contribution in [-0.2, 0) is 6.54 Å². The summed E-state index contributed by atoms with van der Waals surface area (Å²) in [6.45, 7) is 1.67.